The van der Waals surface area contributed by atoms with Gasteiger partial charge in [0.15, 0.2) is 5.69 Å². The van der Waals surface area contributed by atoms with Crippen LogP contribution in [-0.4, -0.2) is 27.6 Å². The summed E-state index contributed by atoms with van der Waals surface area (Å²) in [5, 5.41) is 11.1. The fraction of sp³-hybridized carbons (Fsp3) is 0.353. The number of benzene rings is 1. The number of hydrogen-bond acceptors (Lipinski definition) is 4. The third kappa shape index (κ3) is 3.67. The highest BCUT2D eigenvalue weighted by Crippen LogP contribution is 2.25. The number of nitrogens with one attached hydrogen (secondary N) is 2. The SMILES string of the molecule is CC(C)c1[nH]nc(C(=O)NCCCc2nc3ccccc3s2)c1Br. The molecular weight excluding hydrogens is 388 g/mol. The number of nitrogens with zero attached hydrogens (tertiary/aromatic N) is 2. The van der Waals surface area contributed by atoms with Crippen molar-refractivity contribution in [1.29, 1.82) is 0 Å². The molecule has 24 heavy (non-hydrogen) atoms. The first kappa shape index (κ1) is 17.1. The average Bonchev–Trinajstić information content (AvgIpc) is 3.14. The minimum atomic E-state index is -0.158. The topological polar surface area (TPSA) is 70.7 Å². The van der Waals surface area contributed by atoms with E-state index in [1.165, 1.54) is 4.70 Å². The number of thiazole rings is 1. The van der Waals surface area contributed by atoms with Crippen LogP contribution in [0.1, 0.15) is 47.4 Å². The lowest BCUT2D eigenvalue weighted by Crippen LogP contribution is -2.25. The van der Waals surface area contributed by atoms with Crippen molar-refractivity contribution < 1.29 is 4.79 Å². The number of H-pyrrole nitrogens is 1. The molecule has 1 aromatic carbocycles. The molecule has 0 atom stereocenters. The molecule has 0 fully saturated rings. The molecule has 0 aliphatic heterocycles. The standard InChI is InChI=1S/C17H19BrN4OS/c1-10(2)15-14(18)16(22-21-15)17(23)19-9-5-8-13-20-11-6-3-4-7-12(11)24-13/h3-4,6-7,10H,5,8-9H2,1-2H3,(H,19,23)(H,21,22). The summed E-state index contributed by atoms with van der Waals surface area (Å²) >= 11 is 5.17. The minimum absolute atomic E-state index is 0.158. The Morgan fingerprint density at radius 2 is 2.17 bits per heavy atom. The van der Waals surface area contributed by atoms with E-state index in [4.69, 9.17) is 0 Å². The number of aromatic amines is 1. The Labute approximate surface area is 153 Å². The first-order chi connectivity index (χ1) is 11.6. The smallest absolute Gasteiger partial charge is 0.272 e. The average molecular weight is 407 g/mol. The van der Waals surface area contributed by atoms with E-state index in [-0.39, 0.29) is 11.8 Å². The summed E-state index contributed by atoms with van der Waals surface area (Å²) in [4.78, 5) is 16.8. The zero-order valence-electron chi connectivity index (χ0n) is 13.6. The quantitative estimate of drug-likeness (QED) is 0.600. The summed E-state index contributed by atoms with van der Waals surface area (Å²) in [6, 6.07) is 8.13. The molecule has 0 aliphatic carbocycles. The zero-order chi connectivity index (χ0) is 17.1. The molecule has 0 aliphatic rings. The van der Waals surface area contributed by atoms with Crippen LogP contribution in [-0.2, 0) is 6.42 Å². The zero-order valence-corrected chi connectivity index (χ0v) is 16.0. The van der Waals surface area contributed by atoms with Crippen LogP contribution in [0.25, 0.3) is 10.2 Å². The van der Waals surface area contributed by atoms with Crippen LogP contribution >= 0.6 is 27.3 Å². The van der Waals surface area contributed by atoms with Gasteiger partial charge in [-0.15, -0.1) is 11.3 Å². The van der Waals surface area contributed by atoms with Gasteiger partial charge in [0.2, 0.25) is 0 Å². The third-order valence-electron chi connectivity index (χ3n) is 3.72. The maximum Gasteiger partial charge on any atom is 0.272 e. The van der Waals surface area contributed by atoms with E-state index < -0.39 is 0 Å². The van der Waals surface area contributed by atoms with Crippen molar-refractivity contribution in [3.05, 3.63) is 45.1 Å². The van der Waals surface area contributed by atoms with E-state index in [2.05, 4.69) is 56.3 Å². The van der Waals surface area contributed by atoms with Crippen LogP contribution in [0.5, 0.6) is 0 Å². The van der Waals surface area contributed by atoms with E-state index in [1.807, 2.05) is 18.2 Å². The van der Waals surface area contributed by atoms with Gasteiger partial charge in [-0.3, -0.25) is 9.89 Å². The van der Waals surface area contributed by atoms with E-state index in [0.29, 0.717) is 12.2 Å². The Balaban J connectivity index is 1.52. The maximum absolute atomic E-state index is 12.2. The summed E-state index contributed by atoms with van der Waals surface area (Å²) in [5.74, 6) is 0.127. The molecule has 5 nitrogen and oxygen atoms in total. The number of carbonyl (C=O) groups is 1. The van der Waals surface area contributed by atoms with Crippen molar-refractivity contribution in [2.24, 2.45) is 0 Å². The molecule has 1 amide bonds. The van der Waals surface area contributed by atoms with Gasteiger partial charge in [-0.05, 0) is 40.4 Å². The molecule has 3 rings (SSSR count). The monoisotopic (exact) mass is 406 g/mol. The van der Waals surface area contributed by atoms with Crippen molar-refractivity contribution in [3.8, 4) is 0 Å². The molecule has 0 radical (unpaired) electrons. The van der Waals surface area contributed by atoms with E-state index in [9.17, 15) is 4.79 Å². The summed E-state index contributed by atoms with van der Waals surface area (Å²) in [6.07, 6.45) is 1.71. The highest BCUT2D eigenvalue weighted by molar-refractivity contribution is 9.10. The van der Waals surface area contributed by atoms with Gasteiger partial charge < -0.3 is 5.32 Å². The largest absolute Gasteiger partial charge is 0.351 e. The minimum Gasteiger partial charge on any atom is -0.351 e. The van der Waals surface area contributed by atoms with Crippen LogP contribution in [0.15, 0.2) is 28.7 Å². The predicted octanol–water partition coefficient (Wildman–Crippen LogP) is 4.27. The molecule has 7 heteroatoms. The number of hydrogen-bond donors (Lipinski definition) is 2. The van der Waals surface area contributed by atoms with Gasteiger partial charge in [0.25, 0.3) is 5.91 Å². The summed E-state index contributed by atoms with van der Waals surface area (Å²) in [6.45, 7) is 4.71. The van der Waals surface area contributed by atoms with Crippen LogP contribution in [0, 0.1) is 0 Å². The number of rotatable bonds is 6. The van der Waals surface area contributed by atoms with Gasteiger partial charge in [0.1, 0.15) is 0 Å². The fourth-order valence-electron chi connectivity index (χ4n) is 2.43. The number of amides is 1. The van der Waals surface area contributed by atoms with Crippen molar-refractivity contribution in [1.82, 2.24) is 20.5 Å². The fourth-order valence-corrected chi connectivity index (χ4v) is 4.25. The Bertz CT molecular complexity index is 822. The van der Waals surface area contributed by atoms with Crippen LogP contribution in [0.4, 0.5) is 0 Å². The lowest BCUT2D eigenvalue weighted by Gasteiger charge is -2.03. The summed E-state index contributed by atoms with van der Waals surface area (Å²) in [7, 11) is 0. The Hall–Kier alpha value is -1.73. The Morgan fingerprint density at radius 1 is 1.38 bits per heavy atom. The molecule has 0 spiro atoms. The second kappa shape index (κ2) is 7.44. The number of aryl methyl sites for hydroxylation is 1. The molecule has 2 aromatic heterocycles. The first-order valence-electron chi connectivity index (χ1n) is 7.92. The maximum atomic E-state index is 12.2. The predicted molar refractivity (Wildman–Crippen MR) is 101 cm³/mol. The third-order valence-corrected chi connectivity index (χ3v) is 5.62. The van der Waals surface area contributed by atoms with Crippen LogP contribution in [0.2, 0.25) is 0 Å². The van der Waals surface area contributed by atoms with Crippen LogP contribution in [0.3, 0.4) is 0 Å². The Morgan fingerprint density at radius 3 is 2.88 bits per heavy atom. The van der Waals surface area contributed by atoms with Crippen molar-refractivity contribution in [3.63, 3.8) is 0 Å². The lowest BCUT2D eigenvalue weighted by molar-refractivity contribution is 0.0947. The van der Waals surface area contributed by atoms with E-state index >= 15 is 0 Å². The molecule has 0 bridgehead atoms. The number of aromatic nitrogens is 3. The van der Waals surface area contributed by atoms with Gasteiger partial charge in [0, 0.05) is 13.0 Å². The lowest BCUT2D eigenvalue weighted by atomic mass is 10.1. The highest BCUT2D eigenvalue weighted by Gasteiger charge is 2.18. The molecule has 126 valence electrons. The number of halogens is 1. The van der Waals surface area contributed by atoms with Gasteiger partial charge in [-0.2, -0.15) is 5.10 Å². The number of fused-ring (bicyclic) bond motifs is 1. The molecule has 2 heterocycles. The highest BCUT2D eigenvalue weighted by atomic mass is 79.9. The van der Waals surface area contributed by atoms with E-state index in [0.717, 1.165) is 33.5 Å². The first-order valence-corrected chi connectivity index (χ1v) is 9.53. The van der Waals surface area contributed by atoms with Gasteiger partial charge in [-0.1, -0.05) is 26.0 Å². The normalized spacial score (nSPS) is 11.3. The molecule has 0 saturated heterocycles. The molecule has 0 saturated carbocycles. The summed E-state index contributed by atoms with van der Waals surface area (Å²) in [5.41, 5.74) is 2.40. The number of para-hydroxylation sites is 1. The second-order valence-corrected chi connectivity index (χ2v) is 7.80. The van der Waals surface area contributed by atoms with Gasteiger partial charge >= 0.3 is 0 Å². The second-order valence-electron chi connectivity index (χ2n) is 5.89. The molecule has 2 N–H and O–H groups in total. The molecule has 0 unspecified atom stereocenters. The molecular formula is C17H19BrN4OS. The van der Waals surface area contributed by atoms with Gasteiger partial charge in [-0.25, -0.2) is 4.98 Å². The van der Waals surface area contributed by atoms with Crippen molar-refractivity contribution >= 4 is 43.4 Å². The summed E-state index contributed by atoms with van der Waals surface area (Å²) < 4.78 is 1.96. The molecule has 3 aromatic rings. The van der Waals surface area contributed by atoms with Crippen molar-refractivity contribution in [2.45, 2.75) is 32.6 Å². The van der Waals surface area contributed by atoms with Crippen molar-refractivity contribution in [2.75, 3.05) is 6.54 Å². The van der Waals surface area contributed by atoms with Gasteiger partial charge in [0.05, 0.1) is 25.4 Å². The van der Waals surface area contributed by atoms with E-state index in [1.54, 1.807) is 11.3 Å². The Kier molecular flexibility index (Phi) is 5.30. The number of carbonyl (C=O) groups excluding carboxylic acids is 1. The van der Waals surface area contributed by atoms with Crippen LogP contribution < -0.4 is 5.32 Å².